The van der Waals surface area contributed by atoms with Gasteiger partial charge in [0.2, 0.25) is 0 Å². The zero-order valence-corrected chi connectivity index (χ0v) is 20.0. The summed E-state index contributed by atoms with van der Waals surface area (Å²) in [7, 11) is 0. The van der Waals surface area contributed by atoms with E-state index in [1.165, 1.54) is 18.2 Å². The first kappa shape index (κ1) is 23.8. The van der Waals surface area contributed by atoms with Crippen molar-refractivity contribution in [2.75, 3.05) is 0 Å². The highest BCUT2D eigenvalue weighted by atomic mass is 19.3. The Morgan fingerprint density at radius 2 is 2.03 bits per heavy atom. The zero-order chi connectivity index (χ0) is 25.6. The molecule has 1 atom stereocenters. The molecule has 0 bridgehead atoms. The van der Waals surface area contributed by atoms with Gasteiger partial charge in [0.05, 0.1) is 17.1 Å². The monoisotopic (exact) mass is 493 g/mol. The standard InChI is InChI=1S/C26H25F2N5O3/c1-14-18(13-29-24(30-14)26(2,3)35)15-7-8-19-21(12-15)33-10-9-20(22(33)31-19)32-23(34)16-5-4-6-17(11-16)36-25(27)28/h4-8,11-13,20,25,35H,9-10H2,1-3H3,(H,32,34)/t20-/m1/s1. The highest BCUT2D eigenvalue weighted by Gasteiger charge is 2.29. The number of nitrogens with one attached hydrogen (secondary N) is 1. The van der Waals surface area contributed by atoms with E-state index in [0.717, 1.165) is 33.7 Å². The van der Waals surface area contributed by atoms with Gasteiger partial charge in [-0.15, -0.1) is 0 Å². The van der Waals surface area contributed by atoms with Crippen LogP contribution in [0.5, 0.6) is 5.75 Å². The summed E-state index contributed by atoms with van der Waals surface area (Å²) in [6, 6.07) is 11.3. The number of carbonyl (C=O) groups is 1. The Balaban J connectivity index is 1.40. The first-order valence-electron chi connectivity index (χ1n) is 11.5. The quantitative estimate of drug-likeness (QED) is 0.410. The summed E-state index contributed by atoms with van der Waals surface area (Å²) in [5.41, 5.74) is 3.36. The molecule has 2 aromatic carbocycles. The van der Waals surface area contributed by atoms with Gasteiger partial charge in [-0.2, -0.15) is 8.78 Å². The number of imidazole rings is 1. The minimum absolute atomic E-state index is 0.0707. The average molecular weight is 494 g/mol. The SMILES string of the molecule is Cc1nc(C(C)(C)O)ncc1-c1ccc2nc3n(c2c1)CC[C@H]3NC(=O)c1cccc(OC(F)F)c1. The van der Waals surface area contributed by atoms with Crippen LogP contribution in [-0.2, 0) is 12.1 Å². The molecule has 0 saturated heterocycles. The molecule has 0 fully saturated rings. The van der Waals surface area contributed by atoms with Gasteiger partial charge in [-0.1, -0.05) is 12.1 Å². The molecule has 0 unspecified atom stereocenters. The van der Waals surface area contributed by atoms with Crippen molar-refractivity contribution in [1.29, 1.82) is 0 Å². The van der Waals surface area contributed by atoms with Crippen molar-refractivity contribution < 1.29 is 23.4 Å². The fraction of sp³-hybridized carbons (Fsp3) is 0.308. The fourth-order valence-corrected chi connectivity index (χ4v) is 4.43. The molecular formula is C26H25F2N5O3. The van der Waals surface area contributed by atoms with Crippen molar-refractivity contribution in [3.63, 3.8) is 0 Å². The van der Waals surface area contributed by atoms with Gasteiger partial charge in [0.25, 0.3) is 5.91 Å². The van der Waals surface area contributed by atoms with E-state index in [-0.39, 0.29) is 23.3 Å². The van der Waals surface area contributed by atoms with Crippen LogP contribution in [0.2, 0.25) is 0 Å². The molecule has 5 rings (SSSR count). The number of hydrogen-bond donors (Lipinski definition) is 2. The maximum absolute atomic E-state index is 12.8. The van der Waals surface area contributed by atoms with Crippen LogP contribution in [0.1, 0.15) is 54.0 Å². The molecule has 2 aromatic heterocycles. The number of aromatic nitrogens is 4. The molecule has 186 valence electrons. The maximum atomic E-state index is 12.8. The molecule has 1 amide bonds. The fourth-order valence-electron chi connectivity index (χ4n) is 4.43. The minimum Gasteiger partial charge on any atom is -0.435 e. The van der Waals surface area contributed by atoms with Gasteiger partial charge in [-0.25, -0.2) is 15.0 Å². The Morgan fingerprint density at radius 3 is 2.75 bits per heavy atom. The summed E-state index contributed by atoms with van der Waals surface area (Å²) in [5, 5.41) is 13.2. The number of nitrogens with zero attached hydrogens (tertiary/aromatic N) is 4. The molecule has 0 saturated carbocycles. The van der Waals surface area contributed by atoms with Gasteiger partial charge >= 0.3 is 6.61 Å². The normalized spacial score (nSPS) is 15.4. The number of ether oxygens (including phenoxy) is 1. The van der Waals surface area contributed by atoms with E-state index < -0.39 is 12.2 Å². The number of amides is 1. The summed E-state index contributed by atoms with van der Waals surface area (Å²) < 4.78 is 31.5. The number of hydrogen-bond acceptors (Lipinski definition) is 6. The Labute approximate surface area is 206 Å². The van der Waals surface area contributed by atoms with Crippen molar-refractivity contribution in [3.8, 4) is 16.9 Å². The van der Waals surface area contributed by atoms with Gasteiger partial charge < -0.3 is 19.7 Å². The van der Waals surface area contributed by atoms with Crippen molar-refractivity contribution in [3.05, 3.63) is 71.6 Å². The topological polar surface area (TPSA) is 102 Å². The molecule has 8 nitrogen and oxygen atoms in total. The van der Waals surface area contributed by atoms with Crippen LogP contribution in [0.25, 0.3) is 22.2 Å². The highest BCUT2D eigenvalue weighted by Crippen LogP contribution is 2.33. The lowest BCUT2D eigenvalue weighted by Crippen LogP contribution is -2.27. The van der Waals surface area contributed by atoms with Crippen molar-refractivity contribution in [2.45, 2.75) is 52.0 Å². The predicted octanol–water partition coefficient (Wildman–Crippen LogP) is 4.51. The van der Waals surface area contributed by atoms with Crippen LogP contribution in [0.15, 0.2) is 48.7 Å². The number of fused-ring (bicyclic) bond motifs is 3. The highest BCUT2D eigenvalue weighted by molar-refractivity contribution is 5.95. The van der Waals surface area contributed by atoms with E-state index >= 15 is 0 Å². The molecule has 3 heterocycles. The molecule has 1 aliphatic heterocycles. The Morgan fingerprint density at radius 1 is 1.22 bits per heavy atom. The Bertz CT molecular complexity index is 1460. The number of halogens is 2. The minimum atomic E-state index is -2.96. The first-order valence-corrected chi connectivity index (χ1v) is 11.5. The number of alkyl halides is 2. The molecule has 2 N–H and O–H groups in total. The molecule has 4 aromatic rings. The second kappa shape index (κ2) is 8.94. The van der Waals surface area contributed by atoms with Crippen LogP contribution >= 0.6 is 0 Å². The van der Waals surface area contributed by atoms with Gasteiger partial charge in [-0.05, 0) is 63.1 Å². The molecule has 0 radical (unpaired) electrons. The second-order valence-electron chi connectivity index (χ2n) is 9.30. The van der Waals surface area contributed by atoms with Crippen LogP contribution in [0.4, 0.5) is 8.78 Å². The number of aryl methyl sites for hydroxylation is 2. The van der Waals surface area contributed by atoms with Crippen molar-refractivity contribution >= 4 is 16.9 Å². The van der Waals surface area contributed by atoms with E-state index in [9.17, 15) is 18.7 Å². The van der Waals surface area contributed by atoms with Crippen LogP contribution in [-0.4, -0.2) is 37.1 Å². The molecule has 36 heavy (non-hydrogen) atoms. The van der Waals surface area contributed by atoms with Crippen molar-refractivity contribution in [2.24, 2.45) is 0 Å². The lowest BCUT2D eigenvalue weighted by atomic mass is 10.0. The lowest BCUT2D eigenvalue weighted by Gasteiger charge is -2.16. The second-order valence-corrected chi connectivity index (χ2v) is 9.30. The van der Waals surface area contributed by atoms with E-state index in [2.05, 4.69) is 24.6 Å². The smallest absolute Gasteiger partial charge is 0.387 e. The van der Waals surface area contributed by atoms with Gasteiger partial charge in [0.1, 0.15) is 17.2 Å². The van der Waals surface area contributed by atoms with E-state index in [0.29, 0.717) is 18.8 Å². The van der Waals surface area contributed by atoms with Crippen LogP contribution < -0.4 is 10.1 Å². The zero-order valence-electron chi connectivity index (χ0n) is 20.0. The summed E-state index contributed by atoms with van der Waals surface area (Å²) in [6.07, 6.45) is 2.37. The summed E-state index contributed by atoms with van der Waals surface area (Å²) in [5.74, 6) is 0.639. The predicted molar refractivity (Wildman–Crippen MR) is 129 cm³/mol. The number of benzene rings is 2. The van der Waals surface area contributed by atoms with E-state index in [4.69, 9.17) is 4.98 Å². The summed E-state index contributed by atoms with van der Waals surface area (Å²) >= 11 is 0. The number of aliphatic hydroxyl groups is 1. The average Bonchev–Trinajstić information content (AvgIpc) is 3.37. The third-order valence-corrected chi connectivity index (χ3v) is 6.20. The van der Waals surface area contributed by atoms with E-state index in [1.807, 2.05) is 25.1 Å². The first-order chi connectivity index (χ1) is 17.1. The van der Waals surface area contributed by atoms with Crippen LogP contribution in [0, 0.1) is 6.92 Å². The number of carbonyl (C=O) groups excluding carboxylic acids is 1. The molecule has 0 aliphatic carbocycles. The Hall–Kier alpha value is -3.92. The van der Waals surface area contributed by atoms with Crippen LogP contribution in [0.3, 0.4) is 0 Å². The van der Waals surface area contributed by atoms with Gasteiger partial charge in [0.15, 0.2) is 5.82 Å². The summed E-state index contributed by atoms with van der Waals surface area (Å²) in [4.78, 5) is 26.4. The summed E-state index contributed by atoms with van der Waals surface area (Å²) in [6.45, 7) is 2.88. The van der Waals surface area contributed by atoms with Gasteiger partial charge in [-0.3, -0.25) is 4.79 Å². The number of rotatable bonds is 6. The van der Waals surface area contributed by atoms with Gasteiger partial charge in [0, 0.05) is 29.6 Å². The molecular weight excluding hydrogens is 468 g/mol. The lowest BCUT2D eigenvalue weighted by molar-refractivity contribution is -0.0498. The third kappa shape index (κ3) is 4.51. The molecule has 10 heteroatoms. The third-order valence-electron chi connectivity index (χ3n) is 6.20. The van der Waals surface area contributed by atoms with E-state index in [1.54, 1.807) is 26.1 Å². The molecule has 0 spiro atoms. The Kier molecular flexibility index (Phi) is 5.91. The maximum Gasteiger partial charge on any atom is 0.387 e. The van der Waals surface area contributed by atoms with Crippen molar-refractivity contribution in [1.82, 2.24) is 24.8 Å². The molecule has 1 aliphatic rings. The largest absolute Gasteiger partial charge is 0.435 e.